The molecule has 1 saturated carbocycles. The van der Waals surface area contributed by atoms with E-state index < -0.39 is 6.17 Å². The normalized spacial score (nSPS) is 23.8. The number of phenolic OH excluding ortho intramolecular Hbond substituents is 1. The molecule has 1 aliphatic carbocycles. The SMILES string of the molecule is CCCC1CCC(C(CCC)CC(F)Cc2ccc(O)cc2)CC1. The van der Waals surface area contributed by atoms with Crippen molar-refractivity contribution in [3.63, 3.8) is 0 Å². The lowest BCUT2D eigenvalue weighted by molar-refractivity contribution is 0.149. The number of hydrogen-bond donors (Lipinski definition) is 1. The van der Waals surface area contributed by atoms with Crippen LogP contribution in [0.2, 0.25) is 0 Å². The first-order valence-corrected chi connectivity index (χ1v) is 10.0. The Kier molecular flexibility index (Phi) is 8.08. The summed E-state index contributed by atoms with van der Waals surface area (Å²) in [6.45, 7) is 4.51. The molecule has 2 rings (SSSR count). The van der Waals surface area contributed by atoms with Crippen molar-refractivity contribution < 1.29 is 9.50 Å². The number of rotatable bonds is 9. The summed E-state index contributed by atoms with van der Waals surface area (Å²) in [6, 6.07) is 6.99. The Morgan fingerprint density at radius 1 is 1.04 bits per heavy atom. The number of hydrogen-bond acceptors (Lipinski definition) is 1. The van der Waals surface area contributed by atoms with Gasteiger partial charge in [-0.2, -0.15) is 0 Å². The molecule has 0 spiro atoms. The van der Waals surface area contributed by atoms with Crippen LogP contribution in [0.15, 0.2) is 24.3 Å². The first-order chi connectivity index (χ1) is 11.6. The van der Waals surface area contributed by atoms with Crippen LogP contribution in [0.5, 0.6) is 5.75 Å². The molecule has 1 aromatic carbocycles. The van der Waals surface area contributed by atoms with Gasteiger partial charge in [0.05, 0.1) is 0 Å². The Morgan fingerprint density at radius 2 is 1.71 bits per heavy atom. The van der Waals surface area contributed by atoms with E-state index in [1.54, 1.807) is 12.1 Å². The molecule has 0 aliphatic heterocycles. The van der Waals surface area contributed by atoms with Gasteiger partial charge in [0, 0.05) is 6.42 Å². The van der Waals surface area contributed by atoms with E-state index in [1.165, 1.54) is 44.9 Å². The second-order valence-corrected chi connectivity index (χ2v) is 7.82. The largest absolute Gasteiger partial charge is 0.508 e. The molecular weight excluding hydrogens is 299 g/mol. The van der Waals surface area contributed by atoms with Gasteiger partial charge in [-0.15, -0.1) is 0 Å². The molecule has 2 unspecified atom stereocenters. The first-order valence-electron chi connectivity index (χ1n) is 10.0. The van der Waals surface area contributed by atoms with Gasteiger partial charge in [0.2, 0.25) is 0 Å². The van der Waals surface area contributed by atoms with Gasteiger partial charge in [-0.3, -0.25) is 0 Å². The quantitative estimate of drug-likeness (QED) is 0.533. The number of halogens is 1. The van der Waals surface area contributed by atoms with E-state index >= 15 is 0 Å². The van der Waals surface area contributed by atoms with E-state index in [2.05, 4.69) is 13.8 Å². The molecule has 1 fully saturated rings. The molecule has 0 bridgehead atoms. The highest BCUT2D eigenvalue weighted by Gasteiger charge is 2.28. The summed E-state index contributed by atoms with van der Waals surface area (Å²) in [5.41, 5.74) is 0.988. The summed E-state index contributed by atoms with van der Waals surface area (Å²) >= 11 is 0. The van der Waals surface area contributed by atoms with Crippen molar-refractivity contribution >= 4 is 0 Å². The molecule has 1 aromatic rings. The van der Waals surface area contributed by atoms with Crippen molar-refractivity contribution in [2.75, 3.05) is 0 Å². The average molecular weight is 335 g/mol. The monoisotopic (exact) mass is 334 g/mol. The molecule has 24 heavy (non-hydrogen) atoms. The van der Waals surface area contributed by atoms with Gasteiger partial charge < -0.3 is 5.11 Å². The van der Waals surface area contributed by atoms with Crippen LogP contribution in [0.3, 0.4) is 0 Å². The standard InChI is InChI=1S/C22H35FO/c1-3-5-17-7-11-19(12-8-17)20(6-4-2)16-21(23)15-18-9-13-22(24)14-10-18/h9-10,13-14,17,19-21,24H,3-8,11-12,15-16H2,1-2H3. The fourth-order valence-electron chi connectivity index (χ4n) is 4.57. The molecular formula is C22H35FO. The highest BCUT2D eigenvalue weighted by atomic mass is 19.1. The fraction of sp³-hybridized carbons (Fsp3) is 0.727. The smallest absolute Gasteiger partial charge is 0.115 e. The minimum Gasteiger partial charge on any atom is -0.508 e. The number of benzene rings is 1. The molecule has 0 saturated heterocycles. The molecule has 2 atom stereocenters. The Bertz CT molecular complexity index is 448. The first kappa shape index (κ1) is 19.3. The molecule has 0 radical (unpaired) electrons. The summed E-state index contributed by atoms with van der Waals surface area (Å²) in [5.74, 6) is 2.45. The zero-order valence-corrected chi connectivity index (χ0v) is 15.5. The number of alkyl halides is 1. The third-order valence-corrected chi connectivity index (χ3v) is 5.87. The van der Waals surface area contributed by atoms with Crippen LogP contribution in [0.4, 0.5) is 4.39 Å². The van der Waals surface area contributed by atoms with Crippen LogP contribution in [-0.2, 0) is 6.42 Å². The van der Waals surface area contributed by atoms with Crippen LogP contribution >= 0.6 is 0 Å². The van der Waals surface area contributed by atoms with Crippen molar-refractivity contribution in [1.82, 2.24) is 0 Å². The van der Waals surface area contributed by atoms with Gasteiger partial charge in [0.25, 0.3) is 0 Å². The van der Waals surface area contributed by atoms with Gasteiger partial charge in [-0.1, -0.05) is 64.5 Å². The van der Waals surface area contributed by atoms with Crippen molar-refractivity contribution in [3.05, 3.63) is 29.8 Å². The van der Waals surface area contributed by atoms with Crippen molar-refractivity contribution in [3.8, 4) is 5.75 Å². The van der Waals surface area contributed by atoms with Crippen molar-refractivity contribution in [2.45, 2.75) is 84.2 Å². The second kappa shape index (κ2) is 10.1. The van der Waals surface area contributed by atoms with E-state index in [4.69, 9.17) is 0 Å². The van der Waals surface area contributed by atoms with Gasteiger partial charge in [-0.05, 0) is 54.7 Å². The van der Waals surface area contributed by atoms with Crippen LogP contribution in [-0.4, -0.2) is 11.3 Å². The Balaban J connectivity index is 1.84. The summed E-state index contributed by atoms with van der Waals surface area (Å²) in [6.07, 6.45) is 10.7. The second-order valence-electron chi connectivity index (χ2n) is 7.82. The molecule has 2 heteroatoms. The maximum Gasteiger partial charge on any atom is 0.115 e. The summed E-state index contributed by atoms with van der Waals surface area (Å²) in [7, 11) is 0. The van der Waals surface area contributed by atoms with Gasteiger partial charge in [-0.25, -0.2) is 4.39 Å². The van der Waals surface area contributed by atoms with Crippen molar-refractivity contribution in [1.29, 1.82) is 0 Å². The van der Waals surface area contributed by atoms with Crippen LogP contribution in [0.25, 0.3) is 0 Å². The Labute approximate surface area is 147 Å². The number of phenols is 1. The van der Waals surface area contributed by atoms with Gasteiger partial charge >= 0.3 is 0 Å². The van der Waals surface area contributed by atoms with Crippen LogP contribution < -0.4 is 0 Å². The van der Waals surface area contributed by atoms with Crippen LogP contribution in [0, 0.1) is 17.8 Å². The lowest BCUT2D eigenvalue weighted by Crippen LogP contribution is -2.25. The van der Waals surface area contributed by atoms with E-state index in [9.17, 15) is 9.50 Å². The molecule has 0 amide bonds. The molecule has 1 N–H and O–H groups in total. The lowest BCUT2D eigenvalue weighted by atomic mass is 9.72. The van der Waals surface area contributed by atoms with Crippen LogP contribution in [0.1, 0.15) is 77.2 Å². The van der Waals surface area contributed by atoms with E-state index in [0.29, 0.717) is 18.8 Å². The molecule has 1 aliphatic rings. The molecule has 0 aromatic heterocycles. The predicted molar refractivity (Wildman–Crippen MR) is 100 cm³/mol. The molecule has 136 valence electrons. The minimum absolute atomic E-state index is 0.252. The van der Waals surface area contributed by atoms with E-state index in [1.807, 2.05) is 12.1 Å². The summed E-state index contributed by atoms with van der Waals surface area (Å²) in [4.78, 5) is 0. The number of aromatic hydroxyl groups is 1. The topological polar surface area (TPSA) is 20.2 Å². The zero-order valence-electron chi connectivity index (χ0n) is 15.5. The maximum atomic E-state index is 14.7. The summed E-state index contributed by atoms with van der Waals surface area (Å²) in [5, 5.41) is 9.34. The Morgan fingerprint density at radius 3 is 2.29 bits per heavy atom. The zero-order chi connectivity index (χ0) is 17.4. The highest BCUT2D eigenvalue weighted by Crippen LogP contribution is 2.39. The third kappa shape index (κ3) is 6.11. The predicted octanol–water partition coefficient (Wildman–Crippen LogP) is 6.69. The fourth-order valence-corrected chi connectivity index (χ4v) is 4.57. The minimum atomic E-state index is -0.764. The summed E-state index contributed by atoms with van der Waals surface area (Å²) < 4.78 is 14.7. The van der Waals surface area contributed by atoms with Crippen molar-refractivity contribution in [2.24, 2.45) is 17.8 Å². The maximum absolute atomic E-state index is 14.7. The van der Waals surface area contributed by atoms with E-state index in [-0.39, 0.29) is 5.75 Å². The Hall–Kier alpha value is -1.05. The lowest BCUT2D eigenvalue weighted by Gasteiger charge is -2.34. The van der Waals surface area contributed by atoms with Gasteiger partial charge in [0.15, 0.2) is 0 Å². The molecule has 0 heterocycles. The average Bonchev–Trinajstić information content (AvgIpc) is 2.58. The van der Waals surface area contributed by atoms with Gasteiger partial charge in [0.1, 0.15) is 11.9 Å². The molecule has 1 nitrogen and oxygen atoms in total. The third-order valence-electron chi connectivity index (χ3n) is 5.87. The highest BCUT2D eigenvalue weighted by molar-refractivity contribution is 5.26. The van der Waals surface area contributed by atoms with E-state index in [0.717, 1.165) is 23.8 Å².